The van der Waals surface area contributed by atoms with E-state index in [2.05, 4.69) is 10.4 Å². The fraction of sp³-hybridized carbons (Fsp3) is 0.211. The second-order valence-corrected chi connectivity index (χ2v) is 5.88. The molecule has 26 heavy (non-hydrogen) atoms. The van der Waals surface area contributed by atoms with E-state index in [-0.39, 0.29) is 12.1 Å². The first-order valence-electron chi connectivity index (χ1n) is 8.10. The molecule has 0 bridgehead atoms. The zero-order chi connectivity index (χ0) is 18.8. The Labute approximate surface area is 148 Å². The molecule has 1 N–H and O–H groups in total. The van der Waals surface area contributed by atoms with E-state index in [4.69, 9.17) is 0 Å². The average molecular weight is 363 g/mol. The molecular weight excluding hydrogens is 346 g/mol. The summed E-state index contributed by atoms with van der Waals surface area (Å²) in [6.07, 6.45) is 0. The standard InChI is InChI=1S/C19H17F4N3/c1-3-26-19(6-11(2)25-26)14-5-4-13(9-18(14)23)24-10-15-16(21)7-12(20)8-17(15)22/h4-9,24H,3,10H2,1-2H3. The van der Waals surface area contributed by atoms with Gasteiger partial charge in [0.1, 0.15) is 23.3 Å². The first-order valence-corrected chi connectivity index (χ1v) is 8.10. The van der Waals surface area contributed by atoms with Crippen LogP contribution in [0.4, 0.5) is 23.2 Å². The molecule has 3 rings (SSSR count). The topological polar surface area (TPSA) is 29.9 Å². The van der Waals surface area contributed by atoms with Crippen molar-refractivity contribution in [1.82, 2.24) is 9.78 Å². The minimum Gasteiger partial charge on any atom is -0.381 e. The Balaban J connectivity index is 1.82. The van der Waals surface area contributed by atoms with Crippen LogP contribution in [0.25, 0.3) is 11.3 Å². The van der Waals surface area contributed by atoms with Gasteiger partial charge in [0.05, 0.1) is 11.4 Å². The summed E-state index contributed by atoms with van der Waals surface area (Å²) in [6.45, 7) is 4.11. The number of nitrogens with one attached hydrogen (secondary N) is 1. The summed E-state index contributed by atoms with van der Waals surface area (Å²) in [5, 5.41) is 7.04. The van der Waals surface area contributed by atoms with Crippen molar-refractivity contribution in [2.24, 2.45) is 0 Å². The quantitative estimate of drug-likeness (QED) is 0.643. The maximum Gasteiger partial charge on any atom is 0.134 e. The van der Waals surface area contributed by atoms with Crippen LogP contribution in [0.3, 0.4) is 0 Å². The maximum atomic E-state index is 14.5. The van der Waals surface area contributed by atoms with Gasteiger partial charge in [-0.2, -0.15) is 5.10 Å². The van der Waals surface area contributed by atoms with Crippen LogP contribution in [0, 0.1) is 30.2 Å². The summed E-state index contributed by atoms with van der Waals surface area (Å²) in [7, 11) is 0. The number of benzene rings is 2. The van der Waals surface area contributed by atoms with Crippen molar-refractivity contribution in [2.45, 2.75) is 26.9 Å². The SMILES string of the molecule is CCn1nc(C)cc1-c1ccc(NCc2c(F)cc(F)cc2F)cc1F. The number of nitrogens with zero attached hydrogens (tertiary/aromatic N) is 2. The minimum atomic E-state index is -0.991. The van der Waals surface area contributed by atoms with E-state index < -0.39 is 23.3 Å². The van der Waals surface area contributed by atoms with Gasteiger partial charge in [-0.15, -0.1) is 0 Å². The molecule has 0 radical (unpaired) electrons. The fourth-order valence-electron chi connectivity index (χ4n) is 2.77. The number of anilines is 1. The van der Waals surface area contributed by atoms with Gasteiger partial charge in [0.2, 0.25) is 0 Å². The number of hydrogen-bond acceptors (Lipinski definition) is 2. The summed E-state index contributed by atoms with van der Waals surface area (Å²) < 4.78 is 56.5. The third kappa shape index (κ3) is 3.56. The second-order valence-electron chi connectivity index (χ2n) is 5.88. The lowest BCUT2D eigenvalue weighted by molar-refractivity contribution is 0.526. The van der Waals surface area contributed by atoms with Crippen LogP contribution < -0.4 is 5.32 Å². The first kappa shape index (κ1) is 18.0. The van der Waals surface area contributed by atoms with Gasteiger partial charge in [-0.05, 0) is 38.1 Å². The molecule has 0 spiro atoms. The normalized spacial score (nSPS) is 11.0. The molecule has 136 valence electrons. The molecule has 3 nitrogen and oxygen atoms in total. The Hall–Kier alpha value is -2.83. The van der Waals surface area contributed by atoms with Gasteiger partial charge in [-0.3, -0.25) is 4.68 Å². The molecule has 0 amide bonds. The molecule has 7 heteroatoms. The van der Waals surface area contributed by atoms with Crippen LogP contribution in [0.2, 0.25) is 0 Å². The van der Waals surface area contributed by atoms with E-state index in [9.17, 15) is 17.6 Å². The van der Waals surface area contributed by atoms with Gasteiger partial charge in [0.25, 0.3) is 0 Å². The molecule has 0 aliphatic heterocycles. The van der Waals surface area contributed by atoms with Gasteiger partial charge in [0, 0.05) is 42.0 Å². The summed E-state index contributed by atoms with van der Waals surface area (Å²) in [6, 6.07) is 7.45. The predicted molar refractivity (Wildman–Crippen MR) is 91.7 cm³/mol. The van der Waals surface area contributed by atoms with Crippen LogP contribution >= 0.6 is 0 Å². The predicted octanol–water partition coefficient (Wildman–Crippen LogP) is 5.05. The molecule has 1 aromatic heterocycles. The molecule has 3 aromatic rings. The lowest BCUT2D eigenvalue weighted by Gasteiger charge is -2.11. The third-order valence-electron chi connectivity index (χ3n) is 4.02. The summed E-state index contributed by atoms with van der Waals surface area (Å²) >= 11 is 0. The Morgan fingerprint density at radius 1 is 0.962 bits per heavy atom. The van der Waals surface area contributed by atoms with Crippen LogP contribution in [0.5, 0.6) is 0 Å². The summed E-state index contributed by atoms with van der Waals surface area (Å²) in [4.78, 5) is 0. The highest BCUT2D eigenvalue weighted by Gasteiger charge is 2.14. The fourth-order valence-corrected chi connectivity index (χ4v) is 2.77. The van der Waals surface area contributed by atoms with Gasteiger partial charge in [0.15, 0.2) is 0 Å². The Morgan fingerprint density at radius 3 is 2.27 bits per heavy atom. The number of aryl methyl sites for hydroxylation is 2. The maximum absolute atomic E-state index is 14.5. The van der Waals surface area contributed by atoms with Crippen molar-refractivity contribution in [2.75, 3.05) is 5.32 Å². The molecule has 0 unspecified atom stereocenters. The monoisotopic (exact) mass is 363 g/mol. The highest BCUT2D eigenvalue weighted by Crippen LogP contribution is 2.27. The van der Waals surface area contributed by atoms with E-state index in [1.807, 2.05) is 13.8 Å². The van der Waals surface area contributed by atoms with E-state index in [0.29, 0.717) is 35.6 Å². The van der Waals surface area contributed by atoms with Crippen LogP contribution in [-0.4, -0.2) is 9.78 Å². The number of rotatable bonds is 5. The number of aromatic nitrogens is 2. The van der Waals surface area contributed by atoms with E-state index >= 15 is 0 Å². The lowest BCUT2D eigenvalue weighted by atomic mass is 10.1. The van der Waals surface area contributed by atoms with Crippen molar-refractivity contribution in [1.29, 1.82) is 0 Å². The third-order valence-corrected chi connectivity index (χ3v) is 4.02. The number of hydrogen-bond donors (Lipinski definition) is 1. The zero-order valence-corrected chi connectivity index (χ0v) is 14.3. The van der Waals surface area contributed by atoms with E-state index in [1.165, 1.54) is 6.07 Å². The Morgan fingerprint density at radius 2 is 1.65 bits per heavy atom. The van der Waals surface area contributed by atoms with Gasteiger partial charge in [-0.25, -0.2) is 17.6 Å². The highest BCUT2D eigenvalue weighted by molar-refractivity contribution is 5.64. The van der Waals surface area contributed by atoms with Crippen LogP contribution in [0.15, 0.2) is 36.4 Å². The Bertz CT molecular complexity index is 927. The molecule has 0 aliphatic rings. The molecule has 0 aliphatic carbocycles. The average Bonchev–Trinajstić information content (AvgIpc) is 2.94. The highest BCUT2D eigenvalue weighted by atomic mass is 19.1. The van der Waals surface area contributed by atoms with Crippen LogP contribution in [-0.2, 0) is 13.1 Å². The Kier molecular flexibility index (Phi) is 4.97. The molecule has 2 aromatic carbocycles. The van der Waals surface area contributed by atoms with Gasteiger partial charge < -0.3 is 5.32 Å². The molecule has 0 atom stereocenters. The van der Waals surface area contributed by atoms with Crippen molar-refractivity contribution in [3.63, 3.8) is 0 Å². The van der Waals surface area contributed by atoms with Gasteiger partial charge >= 0.3 is 0 Å². The largest absolute Gasteiger partial charge is 0.381 e. The molecule has 1 heterocycles. The molecule has 0 saturated heterocycles. The van der Waals surface area contributed by atoms with Crippen LogP contribution in [0.1, 0.15) is 18.2 Å². The van der Waals surface area contributed by atoms with Crippen molar-refractivity contribution >= 4 is 5.69 Å². The van der Waals surface area contributed by atoms with Crippen molar-refractivity contribution < 1.29 is 17.6 Å². The zero-order valence-electron chi connectivity index (χ0n) is 14.3. The van der Waals surface area contributed by atoms with Gasteiger partial charge in [-0.1, -0.05) is 0 Å². The summed E-state index contributed by atoms with van der Waals surface area (Å²) in [5.41, 5.74) is 1.87. The molecule has 0 saturated carbocycles. The van der Waals surface area contributed by atoms with Crippen molar-refractivity contribution in [3.05, 3.63) is 70.9 Å². The second kappa shape index (κ2) is 7.19. The molecular formula is C19H17F4N3. The first-order chi connectivity index (χ1) is 12.4. The number of halogens is 4. The van der Waals surface area contributed by atoms with Crippen molar-refractivity contribution in [3.8, 4) is 11.3 Å². The van der Waals surface area contributed by atoms with E-state index in [0.717, 1.165) is 5.69 Å². The van der Waals surface area contributed by atoms with E-state index in [1.54, 1.807) is 22.9 Å². The lowest BCUT2D eigenvalue weighted by Crippen LogP contribution is -2.06. The minimum absolute atomic E-state index is 0.233. The smallest absolute Gasteiger partial charge is 0.134 e. The summed E-state index contributed by atoms with van der Waals surface area (Å²) in [5.74, 6) is -3.45. The molecule has 0 fully saturated rings.